The first kappa shape index (κ1) is 14.3. The number of benzene rings is 1. The Morgan fingerprint density at radius 1 is 1.37 bits per heavy atom. The highest BCUT2D eigenvalue weighted by Gasteiger charge is 2.33. The summed E-state index contributed by atoms with van der Waals surface area (Å²) in [4.78, 5) is 25.3. The minimum atomic E-state index is -0.907. The number of rotatable bonds is 2. The summed E-state index contributed by atoms with van der Waals surface area (Å²) >= 11 is 2.12. The van der Waals surface area contributed by atoms with Gasteiger partial charge in [0, 0.05) is 10.1 Å². The summed E-state index contributed by atoms with van der Waals surface area (Å²) in [6.45, 7) is 2.46. The summed E-state index contributed by atoms with van der Waals surface area (Å²) in [7, 11) is 0. The van der Waals surface area contributed by atoms with Crippen molar-refractivity contribution in [2.45, 2.75) is 32.2 Å². The normalized spacial score (nSPS) is 19.3. The van der Waals surface area contributed by atoms with Gasteiger partial charge in [-0.15, -0.1) is 0 Å². The van der Waals surface area contributed by atoms with Crippen LogP contribution in [0.4, 0.5) is 0 Å². The predicted molar refractivity (Wildman–Crippen MR) is 80.2 cm³/mol. The van der Waals surface area contributed by atoms with E-state index in [9.17, 15) is 14.7 Å². The maximum absolute atomic E-state index is 12.5. The Labute approximate surface area is 125 Å². The third-order valence-corrected chi connectivity index (χ3v) is 4.34. The van der Waals surface area contributed by atoms with E-state index in [4.69, 9.17) is 0 Å². The number of halogens is 1. The third kappa shape index (κ3) is 3.08. The maximum Gasteiger partial charge on any atom is 0.326 e. The van der Waals surface area contributed by atoms with Crippen LogP contribution < -0.4 is 0 Å². The molecule has 1 fully saturated rings. The second-order valence-corrected chi connectivity index (χ2v) is 5.99. The molecule has 1 N–H and O–H groups in total. The molecule has 0 aromatic heterocycles. The zero-order valence-corrected chi connectivity index (χ0v) is 12.9. The van der Waals surface area contributed by atoms with Gasteiger partial charge in [0.1, 0.15) is 6.04 Å². The Morgan fingerprint density at radius 2 is 2.11 bits per heavy atom. The summed E-state index contributed by atoms with van der Waals surface area (Å²) in [5, 5.41) is 9.23. The minimum absolute atomic E-state index is 0.166. The molecule has 102 valence electrons. The molecular weight excluding hydrogens is 357 g/mol. The summed E-state index contributed by atoms with van der Waals surface area (Å²) in [6, 6.07) is 4.99. The average Bonchev–Trinajstić information content (AvgIpc) is 2.40. The minimum Gasteiger partial charge on any atom is -0.480 e. The molecule has 5 heteroatoms. The third-order valence-electron chi connectivity index (χ3n) is 3.40. The van der Waals surface area contributed by atoms with Crippen LogP contribution in [0.3, 0.4) is 0 Å². The van der Waals surface area contributed by atoms with Gasteiger partial charge in [-0.2, -0.15) is 0 Å². The van der Waals surface area contributed by atoms with Crippen LogP contribution in [-0.4, -0.2) is 34.5 Å². The molecule has 1 heterocycles. The fourth-order valence-electron chi connectivity index (χ4n) is 2.39. The van der Waals surface area contributed by atoms with Crippen molar-refractivity contribution in [2.75, 3.05) is 6.54 Å². The summed E-state index contributed by atoms with van der Waals surface area (Å²) in [5.41, 5.74) is 1.61. The number of carboxylic acid groups (broad SMARTS) is 1. The lowest BCUT2D eigenvalue weighted by molar-refractivity contribution is -0.143. The molecule has 0 radical (unpaired) electrons. The van der Waals surface area contributed by atoms with Crippen LogP contribution in [0.25, 0.3) is 0 Å². The smallest absolute Gasteiger partial charge is 0.326 e. The Balaban J connectivity index is 2.31. The van der Waals surface area contributed by atoms with Gasteiger partial charge >= 0.3 is 5.97 Å². The average molecular weight is 373 g/mol. The van der Waals surface area contributed by atoms with Crippen LogP contribution in [0, 0.1) is 10.5 Å². The number of carbonyl (C=O) groups is 2. The molecule has 0 aliphatic carbocycles. The number of hydrogen-bond donors (Lipinski definition) is 1. The highest BCUT2D eigenvalue weighted by atomic mass is 127. The molecule has 2 rings (SSSR count). The van der Waals surface area contributed by atoms with Crippen molar-refractivity contribution in [3.05, 3.63) is 32.9 Å². The lowest BCUT2D eigenvalue weighted by Crippen LogP contribution is -2.48. The molecule has 1 aliphatic heterocycles. The molecule has 1 aromatic rings. The van der Waals surface area contributed by atoms with Gasteiger partial charge in [-0.25, -0.2) is 4.79 Å². The van der Waals surface area contributed by atoms with Crippen LogP contribution >= 0.6 is 22.6 Å². The molecule has 4 nitrogen and oxygen atoms in total. The SMILES string of the molecule is Cc1ccc(I)c(C(=O)N2CCCC[C@@H]2C(=O)O)c1. The van der Waals surface area contributed by atoms with Gasteiger partial charge in [0.25, 0.3) is 5.91 Å². The molecule has 0 spiro atoms. The zero-order chi connectivity index (χ0) is 14.0. The number of carboxylic acids is 1. The highest BCUT2D eigenvalue weighted by Crippen LogP contribution is 2.23. The second-order valence-electron chi connectivity index (χ2n) is 4.83. The molecule has 0 saturated carbocycles. The lowest BCUT2D eigenvalue weighted by atomic mass is 10.0. The topological polar surface area (TPSA) is 57.6 Å². The maximum atomic E-state index is 12.5. The monoisotopic (exact) mass is 373 g/mol. The van der Waals surface area contributed by atoms with E-state index in [1.165, 1.54) is 4.90 Å². The van der Waals surface area contributed by atoms with Crippen molar-refractivity contribution in [1.29, 1.82) is 0 Å². The van der Waals surface area contributed by atoms with E-state index < -0.39 is 12.0 Å². The predicted octanol–water partition coefficient (Wildman–Crippen LogP) is 2.68. The van der Waals surface area contributed by atoms with Gasteiger partial charge in [-0.1, -0.05) is 11.6 Å². The highest BCUT2D eigenvalue weighted by molar-refractivity contribution is 14.1. The standard InChI is InChI=1S/C14H16INO3/c1-9-5-6-11(15)10(8-9)13(17)16-7-3-2-4-12(16)14(18)19/h5-6,8,12H,2-4,7H2,1H3,(H,18,19)/t12-/m1/s1. The van der Waals surface area contributed by atoms with E-state index in [0.717, 1.165) is 22.0 Å². The fraction of sp³-hybridized carbons (Fsp3) is 0.429. The fourth-order valence-corrected chi connectivity index (χ4v) is 2.96. The molecule has 1 aromatic carbocycles. The molecule has 1 saturated heterocycles. The van der Waals surface area contributed by atoms with Crippen molar-refractivity contribution >= 4 is 34.5 Å². The van der Waals surface area contributed by atoms with Gasteiger partial charge in [-0.05, 0) is 60.9 Å². The Bertz CT molecular complexity index is 515. The summed E-state index contributed by atoms with van der Waals surface area (Å²) < 4.78 is 0.864. The van der Waals surface area contributed by atoms with Crippen molar-refractivity contribution in [1.82, 2.24) is 4.90 Å². The van der Waals surface area contributed by atoms with E-state index in [1.54, 1.807) is 0 Å². The Kier molecular flexibility index (Phi) is 4.44. The van der Waals surface area contributed by atoms with E-state index in [0.29, 0.717) is 18.5 Å². The number of likely N-dealkylation sites (tertiary alicyclic amines) is 1. The first-order valence-electron chi connectivity index (χ1n) is 6.30. The molecule has 1 atom stereocenters. The van der Waals surface area contributed by atoms with Crippen LogP contribution in [0.1, 0.15) is 35.2 Å². The molecule has 19 heavy (non-hydrogen) atoms. The number of aryl methyl sites for hydroxylation is 1. The van der Waals surface area contributed by atoms with Crippen LogP contribution in [0.15, 0.2) is 18.2 Å². The Hall–Kier alpha value is -1.11. The lowest BCUT2D eigenvalue weighted by Gasteiger charge is -2.33. The summed E-state index contributed by atoms with van der Waals surface area (Å²) in [5.74, 6) is -1.07. The van der Waals surface area contributed by atoms with Gasteiger partial charge < -0.3 is 10.0 Å². The first-order chi connectivity index (χ1) is 9.00. The number of hydrogen-bond acceptors (Lipinski definition) is 2. The number of aliphatic carboxylic acids is 1. The number of amides is 1. The Morgan fingerprint density at radius 3 is 2.79 bits per heavy atom. The molecule has 1 aliphatic rings. The number of piperidine rings is 1. The van der Waals surface area contributed by atoms with Gasteiger partial charge in [0.05, 0.1) is 5.56 Å². The van der Waals surface area contributed by atoms with Crippen LogP contribution in [0.5, 0.6) is 0 Å². The van der Waals surface area contributed by atoms with Gasteiger partial charge in [0.2, 0.25) is 0 Å². The second kappa shape index (κ2) is 5.90. The van der Waals surface area contributed by atoms with Crippen molar-refractivity contribution < 1.29 is 14.7 Å². The van der Waals surface area contributed by atoms with E-state index >= 15 is 0 Å². The molecular formula is C14H16INO3. The van der Waals surface area contributed by atoms with Crippen LogP contribution in [-0.2, 0) is 4.79 Å². The van der Waals surface area contributed by atoms with E-state index in [1.807, 2.05) is 25.1 Å². The van der Waals surface area contributed by atoms with Crippen molar-refractivity contribution in [3.63, 3.8) is 0 Å². The van der Waals surface area contributed by atoms with Gasteiger partial charge in [0.15, 0.2) is 0 Å². The van der Waals surface area contributed by atoms with Crippen molar-refractivity contribution in [3.8, 4) is 0 Å². The number of nitrogens with zero attached hydrogens (tertiary/aromatic N) is 1. The molecule has 1 amide bonds. The van der Waals surface area contributed by atoms with Crippen molar-refractivity contribution in [2.24, 2.45) is 0 Å². The molecule has 0 bridgehead atoms. The van der Waals surface area contributed by atoms with E-state index in [2.05, 4.69) is 22.6 Å². The largest absolute Gasteiger partial charge is 0.480 e. The summed E-state index contributed by atoms with van der Waals surface area (Å²) in [6.07, 6.45) is 2.28. The number of carbonyl (C=O) groups excluding carboxylic acids is 1. The zero-order valence-electron chi connectivity index (χ0n) is 10.7. The first-order valence-corrected chi connectivity index (χ1v) is 7.38. The van der Waals surface area contributed by atoms with Crippen LogP contribution in [0.2, 0.25) is 0 Å². The molecule has 0 unspecified atom stereocenters. The van der Waals surface area contributed by atoms with Gasteiger partial charge in [-0.3, -0.25) is 4.79 Å². The quantitative estimate of drug-likeness (QED) is 0.812. The van der Waals surface area contributed by atoms with E-state index in [-0.39, 0.29) is 5.91 Å².